The molecule has 19 heavy (non-hydrogen) atoms. The number of hydrogen-bond donors (Lipinski definition) is 1. The topological polar surface area (TPSA) is 60.9 Å². The highest BCUT2D eigenvalue weighted by Gasteiger charge is 2.19. The Balaban J connectivity index is 2.17. The van der Waals surface area contributed by atoms with Crippen molar-refractivity contribution in [3.63, 3.8) is 0 Å². The maximum absolute atomic E-state index is 12.3. The first kappa shape index (κ1) is 13.5. The van der Waals surface area contributed by atoms with Gasteiger partial charge in [0.25, 0.3) is 0 Å². The number of aromatic nitrogens is 2. The number of carbonyl (C=O) groups is 1. The van der Waals surface area contributed by atoms with Gasteiger partial charge in [-0.15, -0.1) is 0 Å². The summed E-state index contributed by atoms with van der Waals surface area (Å²) in [7, 11) is 1.81. The molecule has 0 aliphatic rings. The Morgan fingerprint density at radius 3 is 2.53 bits per heavy atom. The predicted octanol–water partition coefficient (Wildman–Crippen LogP) is 1.85. The molecule has 0 radical (unpaired) electrons. The van der Waals surface area contributed by atoms with Crippen LogP contribution in [0.1, 0.15) is 28.3 Å². The minimum Gasteiger partial charge on any atom is -0.318 e. The Morgan fingerprint density at radius 1 is 1.37 bits per heavy atom. The number of rotatable bonds is 4. The van der Waals surface area contributed by atoms with Gasteiger partial charge in [0.15, 0.2) is 5.78 Å². The summed E-state index contributed by atoms with van der Waals surface area (Å²) in [5, 5.41) is 4.05. The van der Waals surface area contributed by atoms with Gasteiger partial charge < -0.3 is 5.73 Å². The second-order valence-corrected chi connectivity index (χ2v) is 4.94. The number of ketones is 1. The van der Waals surface area contributed by atoms with Gasteiger partial charge in [-0.1, -0.05) is 18.2 Å². The van der Waals surface area contributed by atoms with Gasteiger partial charge in [-0.05, 0) is 30.5 Å². The van der Waals surface area contributed by atoms with Gasteiger partial charge in [0.05, 0.1) is 12.2 Å². The molecule has 0 bridgehead atoms. The summed E-state index contributed by atoms with van der Waals surface area (Å²) < 4.78 is 1.65. The molecule has 2 rings (SSSR count). The number of carbonyl (C=O) groups excluding carboxylic acids is 1. The highest BCUT2D eigenvalue weighted by molar-refractivity contribution is 5.87. The fraction of sp³-hybridized carbons (Fsp3) is 0.333. The first-order valence-electron chi connectivity index (χ1n) is 6.31. The summed E-state index contributed by atoms with van der Waals surface area (Å²) >= 11 is 0. The lowest BCUT2D eigenvalue weighted by Crippen LogP contribution is -2.23. The van der Waals surface area contributed by atoms with Crippen LogP contribution in [0.15, 0.2) is 30.6 Å². The molecule has 100 valence electrons. The Kier molecular flexibility index (Phi) is 3.81. The van der Waals surface area contributed by atoms with Crippen LogP contribution in [0.4, 0.5) is 0 Å². The van der Waals surface area contributed by atoms with Crippen LogP contribution in [-0.4, -0.2) is 15.6 Å². The molecule has 0 spiro atoms. The molecule has 0 amide bonds. The van der Waals surface area contributed by atoms with Gasteiger partial charge >= 0.3 is 0 Å². The van der Waals surface area contributed by atoms with Crippen LogP contribution in [0, 0.1) is 13.8 Å². The van der Waals surface area contributed by atoms with E-state index in [4.69, 9.17) is 5.73 Å². The third kappa shape index (κ3) is 2.90. The molecule has 0 aliphatic heterocycles. The van der Waals surface area contributed by atoms with E-state index in [1.165, 1.54) is 0 Å². The first-order chi connectivity index (χ1) is 8.99. The summed E-state index contributed by atoms with van der Waals surface area (Å²) in [6.45, 7) is 4.04. The average Bonchev–Trinajstić information content (AvgIpc) is 2.79. The van der Waals surface area contributed by atoms with Crippen molar-refractivity contribution >= 4 is 5.78 Å². The van der Waals surface area contributed by atoms with Crippen LogP contribution in [-0.2, 0) is 18.3 Å². The van der Waals surface area contributed by atoms with Crippen LogP contribution in [0.25, 0.3) is 0 Å². The number of benzene rings is 1. The molecule has 2 N–H and O–H groups in total. The molecule has 4 heteroatoms. The fourth-order valence-corrected chi connectivity index (χ4v) is 2.20. The lowest BCUT2D eigenvalue weighted by atomic mass is 9.94. The number of aryl methyl sites for hydroxylation is 3. The fourth-order valence-electron chi connectivity index (χ4n) is 2.20. The smallest absolute Gasteiger partial charge is 0.158 e. The molecule has 1 atom stereocenters. The van der Waals surface area contributed by atoms with Crippen LogP contribution in [0.2, 0.25) is 0 Å². The first-order valence-corrected chi connectivity index (χ1v) is 6.31. The maximum Gasteiger partial charge on any atom is 0.158 e. The Hall–Kier alpha value is -1.94. The van der Waals surface area contributed by atoms with E-state index >= 15 is 0 Å². The van der Waals surface area contributed by atoms with Crippen molar-refractivity contribution in [2.24, 2.45) is 12.8 Å². The van der Waals surface area contributed by atoms with Gasteiger partial charge in [0.2, 0.25) is 0 Å². The van der Waals surface area contributed by atoms with E-state index in [9.17, 15) is 4.79 Å². The van der Waals surface area contributed by atoms with E-state index in [1.807, 2.05) is 39.1 Å². The molecule has 4 nitrogen and oxygen atoms in total. The molecule has 0 aliphatic carbocycles. The lowest BCUT2D eigenvalue weighted by Gasteiger charge is -2.12. The van der Waals surface area contributed by atoms with Crippen molar-refractivity contribution in [3.05, 3.63) is 52.8 Å². The Morgan fingerprint density at radius 2 is 2.00 bits per heavy atom. The SMILES string of the molecule is Cc1cccc(C)c1CC(=O)C(N)c1cnn(C)c1. The summed E-state index contributed by atoms with van der Waals surface area (Å²) in [6, 6.07) is 5.43. The molecule has 1 unspecified atom stereocenters. The highest BCUT2D eigenvalue weighted by atomic mass is 16.1. The number of nitrogens with zero attached hydrogens (tertiary/aromatic N) is 2. The Labute approximate surface area is 113 Å². The largest absolute Gasteiger partial charge is 0.318 e. The van der Waals surface area contributed by atoms with Crippen molar-refractivity contribution in [3.8, 4) is 0 Å². The van der Waals surface area contributed by atoms with Gasteiger partial charge in [0.1, 0.15) is 0 Å². The monoisotopic (exact) mass is 257 g/mol. The van der Waals surface area contributed by atoms with Crippen LogP contribution < -0.4 is 5.73 Å². The van der Waals surface area contributed by atoms with Crippen LogP contribution in [0.5, 0.6) is 0 Å². The van der Waals surface area contributed by atoms with Gasteiger partial charge in [0, 0.05) is 25.2 Å². The van der Waals surface area contributed by atoms with E-state index in [0.717, 1.165) is 22.3 Å². The van der Waals surface area contributed by atoms with E-state index in [0.29, 0.717) is 6.42 Å². The maximum atomic E-state index is 12.3. The minimum absolute atomic E-state index is 0.0189. The van der Waals surface area contributed by atoms with Crippen molar-refractivity contribution in [2.75, 3.05) is 0 Å². The zero-order chi connectivity index (χ0) is 14.0. The number of nitrogens with two attached hydrogens (primary N) is 1. The summed E-state index contributed by atoms with van der Waals surface area (Å²) in [4.78, 5) is 12.3. The van der Waals surface area contributed by atoms with E-state index in [1.54, 1.807) is 17.1 Å². The predicted molar refractivity (Wildman–Crippen MR) is 74.8 cm³/mol. The van der Waals surface area contributed by atoms with E-state index in [2.05, 4.69) is 5.10 Å². The molecule has 0 fully saturated rings. The zero-order valence-electron chi connectivity index (χ0n) is 11.6. The second-order valence-electron chi connectivity index (χ2n) is 4.94. The van der Waals surface area contributed by atoms with Gasteiger partial charge in [-0.25, -0.2) is 0 Å². The van der Waals surface area contributed by atoms with Gasteiger partial charge in [-0.2, -0.15) is 5.10 Å². The Bertz CT molecular complexity index is 581. The van der Waals surface area contributed by atoms with Crippen molar-refractivity contribution in [1.82, 2.24) is 9.78 Å². The second kappa shape index (κ2) is 5.36. The molecule has 1 aromatic carbocycles. The standard InChI is InChI=1S/C15H19N3O/c1-10-5-4-6-11(2)13(10)7-14(19)15(16)12-8-17-18(3)9-12/h4-6,8-9,15H,7,16H2,1-3H3. The number of hydrogen-bond acceptors (Lipinski definition) is 3. The normalized spacial score (nSPS) is 12.4. The quantitative estimate of drug-likeness (QED) is 0.909. The third-order valence-corrected chi connectivity index (χ3v) is 3.43. The van der Waals surface area contributed by atoms with Crippen molar-refractivity contribution in [1.29, 1.82) is 0 Å². The molecule has 1 heterocycles. The summed E-state index contributed by atoms with van der Waals surface area (Å²) in [6.07, 6.45) is 3.80. The number of Topliss-reactive ketones (excluding diaryl/α,β-unsaturated/α-hetero) is 1. The lowest BCUT2D eigenvalue weighted by molar-refractivity contribution is -0.119. The third-order valence-electron chi connectivity index (χ3n) is 3.43. The van der Waals surface area contributed by atoms with Crippen molar-refractivity contribution < 1.29 is 4.79 Å². The molecular weight excluding hydrogens is 238 g/mol. The van der Waals surface area contributed by atoms with Crippen LogP contribution >= 0.6 is 0 Å². The summed E-state index contributed by atoms with van der Waals surface area (Å²) in [5.74, 6) is 0.0189. The molecular formula is C15H19N3O. The van der Waals surface area contributed by atoms with Crippen molar-refractivity contribution in [2.45, 2.75) is 26.3 Å². The molecule has 2 aromatic rings. The zero-order valence-corrected chi connectivity index (χ0v) is 11.6. The molecule has 0 saturated heterocycles. The summed E-state index contributed by atoms with van der Waals surface area (Å²) in [5.41, 5.74) is 10.1. The molecule has 1 aromatic heterocycles. The van der Waals surface area contributed by atoms with Gasteiger partial charge in [-0.3, -0.25) is 9.48 Å². The molecule has 0 saturated carbocycles. The minimum atomic E-state index is -0.604. The average molecular weight is 257 g/mol. The van der Waals surface area contributed by atoms with E-state index < -0.39 is 6.04 Å². The van der Waals surface area contributed by atoms with E-state index in [-0.39, 0.29) is 5.78 Å². The van der Waals surface area contributed by atoms with Crippen LogP contribution in [0.3, 0.4) is 0 Å². The highest BCUT2D eigenvalue weighted by Crippen LogP contribution is 2.18.